The Hall–Kier alpha value is -3.30. The fourth-order valence-electron chi connectivity index (χ4n) is 2.64. The number of fused-ring (bicyclic) bond motifs is 1. The van der Waals surface area contributed by atoms with Crippen LogP contribution in [0.5, 0.6) is 11.5 Å². The average molecular weight is 396 g/mol. The molecule has 0 fully saturated rings. The SMILES string of the molecule is O=C(Cc1ccc(C(F)(F)F)cc1)Nc1cc2c(cc1[N+](=O)[O-])OCCCO2. The highest BCUT2D eigenvalue weighted by molar-refractivity contribution is 5.95. The van der Waals surface area contributed by atoms with Gasteiger partial charge in [-0.3, -0.25) is 14.9 Å². The van der Waals surface area contributed by atoms with Crippen LogP contribution in [0.15, 0.2) is 36.4 Å². The van der Waals surface area contributed by atoms with Gasteiger partial charge in [-0.25, -0.2) is 0 Å². The Morgan fingerprint density at radius 1 is 1.11 bits per heavy atom. The lowest BCUT2D eigenvalue weighted by Gasteiger charge is -2.12. The Bertz CT molecular complexity index is 897. The van der Waals surface area contributed by atoms with E-state index in [2.05, 4.69) is 5.32 Å². The molecule has 0 aromatic heterocycles. The Labute approximate surface area is 157 Å². The topological polar surface area (TPSA) is 90.7 Å². The molecule has 1 heterocycles. The predicted molar refractivity (Wildman–Crippen MR) is 92.5 cm³/mol. The lowest BCUT2D eigenvalue weighted by Crippen LogP contribution is -2.16. The van der Waals surface area contributed by atoms with E-state index in [1.165, 1.54) is 24.3 Å². The largest absolute Gasteiger partial charge is 0.489 e. The number of nitro groups is 1. The van der Waals surface area contributed by atoms with Gasteiger partial charge in [0.2, 0.25) is 5.91 Å². The minimum Gasteiger partial charge on any atom is -0.489 e. The lowest BCUT2D eigenvalue weighted by atomic mass is 10.1. The van der Waals surface area contributed by atoms with Crippen molar-refractivity contribution in [1.29, 1.82) is 0 Å². The van der Waals surface area contributed by atoms with E-state index in [1.54, 1.807) is 0 Å². The number of carbonyl (C=O) groups is 1. The molecule has 10 heteroatoms. The molecule has 28 heavy (non-hydrogen) atoms. The van der Waals surface area contributed by atoms with Crippen molar-refractivity contribution < 1.29 is 32.4 Å². The number of amides is 1. The van der Waals surface area contributed by atoms with Crippen LogP contribution < -0.4 is 14.8 Å². The Balaban J connectivity index is 1.77. The first-order valence-electron chi connectivity index (χ1n) is 8.28. The maximum absolute atomic E-state index is 12.6. The summed E-state index contributed by atoms with van der Waals surface area (Å²) in [6.45, 7) is 0.716. The van der Waals surface area contributed by atoms with Crippen LogP contribution in [0, 0.1) is 10.1 Å². The number of hydrogen-bond acceptors (Lipinski definition) is 5. The summed E-state index contributed by atoms with van der Waals surface area (Å²) in [5.74, 6) is -0.129. The normalized spacial score (nSPS) is 13.5. The van der Waals surface area contributed by atoms with E-state index in [0.717, 1.165) is 12.1 Å². The molecule has 1 aliphatic rings. The summed E-state index contributed by atoms with van der Waals surface area (Å²) >= 11 is 0. The molecule has 0 unspecified atom stereocenters. The fraction of sp³-hybridized carbons (Fsp3) is 0.278. The van der Waals surface area contributed by atoms with Crippen molar-refractivity contribution in [2.24, 2.45) is 0 Å². The Morgan fingerprint density at radius 2 is 1.71 bits per heavy atom. The molecule has 0 saturated heterocycles. The van der Waals surface area contributed by atoms with Gasteiger partial charge >= 0.3 is 6.18 Å². The molecule has 2 aromatic carbocycles. The van der Waals surface area contributed by atoms with E-state index in [-0.39, 0.29) is 29.3 Å². The van der Waals surface area contributed by atoms with Crippen molar-refractivity contribution in [3.63, 3.8) is 0 Å². The molecule has 148 valence electrons. The van der Waals surface area contributed by atoms with Gasteiger partial charge in [0.1, 0.15) is 5.69 Å². The predicted octanol–water partition coefficient (Wildman–Crippen LogP) is 3.96. The Morgan fingerprint density at radius 3 is 2.29 bits per heavy atom. The van der Waals surface area contributed by atoms with Crippen molar-refractivity contribution in [1.82, 2.24) is 0 Å². The van der Waals surface area contributed by atoms with Gasteiger partial charge in [0.25, 0.3) is 5.69 Å². The molecule has 1 amide bonds. The first-order valence-corrected chi connectivity index (χ1v) is 8.28. The fourth-order valence-corrected chi connectivity index (χ4v) is 2.64. The summed E-state index contributed by atoms with van der Waals surface area (Å²) in [7, 11) is 0. The number of anilines is 1. The molecule has 3 rings (SSSR count). The molecule has 0 atom stereocenters. The monoisotopic (exact) mass is 396 g/mol. The van der Waals surface area contributed by atoms with Crippen LogP contribution >= 0.6 is 0 Å². The van der Waals surface area contributed by atoms with Crippen molar-refractivity contribution in [2.45, 2.75) is 19.0 Å². The minimum absolute atomic E-state index is 0.0776. The summed E-state index contributed by atoms with van der Waals surface area (Å²) in [4.78, 5) is 22.9. The Kier molecular flexibility index (Phi) is 5.39. The van der Waals surface area contributed by atoms with E-state index in [1.807, 2.05) is 0 Å². The molecule has 0 bridgehead atoms. The molecule has 7 nitrogen and oxygen atoms in total. The maximum Gasteiger partial charge on any atom is 0.416 e. The average Bonchev–Trinajstić information content (AvgIpc) is 2.85. The molecule has 1 aliphatic heterocycles. The second-order valence-electron chi connectivity index (χ2n) is 6.04. The number of halogens is 3. The van der Waals surface area contributed by atoms with Crippen LogP contribution in [-0.2, 0) is 17.4 Å². The van der Waals surface area contributed by atoms with Crippen molar-refractivity contribution in [2.75, 3.05) is 18.5 Å². The standard InChI is InChI=1S/C18H15F3N2O5/c19-18(20,21)12-4-2-11(3-5-12)8-17(24)22-13-9-15-16(10-14(13)23(25)26)28-7-1-6-27-15/h2-5,9-10H,1,6-8H2,(H,22,24). The third-order valence-electron chi connectivity index (χ3n) is 3.98. The zero-order valence-electron chi connectivity index (χ0n) is 14.4. The smallest absolute Gasteiger partial charge is 0.416 e. The van der Waals surface area contributed by atoms with Gasteiger partial charge < -0.3 is 14.8 Å². The van der Waals surface area contributed by atoms with E-state index in [9.17, 15) is 28.1 Å². The highest BCUT2D eigenvalue weighted by Gasteiger charge is 2.30. The van der Waals surface area contributed by atoms with Gasteiger partial charge in [0.05, 0.1) is 36.2 Å². The number of nitrogens with zero attached hydrogens (tertiary/aromatic N) is 1. The highest BCUT2D eigenvalue weighted by Crippen LogP contribution is 2.39. The molecule has 0 spiro atoms. The summed E-state index contributed by atoms with van der Waals surface area (Å²) < 4.78 is 48.6. The summed E-state index contributed by atoms with van der Waals surface area (Å²) in [6, 6.07) is 6.60. The van der Waals surface area contributed by atoms with Crippen molar-refractivity contribution >= 4 is 17.3 Å². The second kappa shape index (κ2) is 7.75. The lowest BCUT2D eigenvalue weighted by molar-refractivity contribution is -0.384. The van der Waals surface area contributed by atoms with Crippen LogP contribution in [-0.4, -0.2) is 24.0 Å². The zero-order chi connectivity index (χ0) is 20.3. The van der Waals surface area contributed by atoms with Gasteiger partial charge in [-0.2, -0.15) is 13.2 Å². The van der Waals surface area contributed by atoms with E-state index in [4.69, 9.17) is 9.47 Å². The third-order valence-corrected chi connectivity index (χ3v) is 3.98. The number of benzene rings is 2. The van der Waals surface area contributed by atoms with Crippen LogP contribution in [0.25, 0.3) is 0 Å². The number of hydrogen-bond donors (Lipinski definition) is 1. The van der Waals surface area contributed by atoms with E-state index >= 15 is 0 Å². The van der Waals surface area contributed by atoms with Gasteiger partial charge in [-0.1, -0.05) is 12.1 Å². The van der Waals surface area contributed by atoms with Crippen LogP contribution in [0.2, 0.25) is 0 Å². The number of nitrogens with one attached hydrogen (secondary N) is 1. The number of rotatable bonds is 4. The van der Waals surface area contributed by atoms with Crippen LogP contribution in [0.1, 0.15) is 17.5 Å². The third kappa shape index (κ3) is 4.51. The number of alkyl halides is 3. The number of carbonyl (C=O) groups excluding carboxylic acids is 1. The molecule has 2 aromatic rings. The van der Waals surface area contributed by atoms with Crippen molar-refractivity contribution in [3.8, 4) is 11.5 Å². The van der Waals surface area contributed by atoms with Crippen LogP contribution in [0.4, 0.5) is 24.5 Å². The summed E-state index contributed by atoms with van der Waals surface area (Å²) in [5.41, 5.74) is -0.936. The van der Waals surface area contributed by atoms with Gasteiger partial charge in [0, 0.05) is 12.5 Å². The second-order valence-corrected chi connectivity index (χ2v) is 6.04. The van der Waals surface area contributed by atoms with Gasteiger partial charge in [-0.15, -0.1) is 0 Å². The van der Waals surface area contributed by atoms with Gasteiger partial charge in [-0.05, 0) is 17.7 Å². The molecular formula is C18H15F3N2O5. The molecule has 0 saturated carbocycles. The number of nitro benzene ring substituents is 1. The maximum atomic E-state index is 12.6. The van der Waals surface area contributed by atoms with Gasteiger partial charge in [0.15, 0.2) is 11.5 Å². The summed E-state index contributed by atoms with van der Waals surface area (Å²) in [6.07, 6.45) is -4.10. The zero-order valence-corrected chi connectivity index (χ0v) is 14.4. The first-order chi connectivity index (χ1) is 13.2. The molecule has 0 radical (unpaired) electrons. The van der Waals surface area contributed by atoms with Crippen LogP contribution in [0.3, 0.4) is 0 Å². The molecular weight excluding hydrogens is 381 g/mol. The molecule has 0 aliphatic carbocycles. The number of ether oxygens (including phenoxy) is 2. The summed E-state index contributed by atoms with van der Waals surface area (Å²) in [5, 5.41) is 13.7. The first kappa shape index (κ1) is 19.5. The minimum atomic E-state index is -4.47. The van der Waals surface area contributed by atoms with E-state index in [0.29, 0.717) is 25.2 Å². The molecule has 1 N–H and O–H groups in total. The van der Waals surface area contributed by atoms with Crippen molar-refractivity contribution in [3.05, 3.63) is 57.6 Å². The quantitative estimate of drug-likeness (QED) is 0.624. The highest BCUT2D eigenvalue weighted by atomic mass is 19.4. The van der Waals surface area contributed by atoms with E-state index < -0.39 is 22.6 Å².